The van der Waals surface area contributed by atoms with Crippen LogP contribution in [0, 0.1) is 5.41 Å². The Morgan fingerprint density at radius 2 is 2.18 bits per heavy atom. The quantitative estimate of drug-likeness (QED) is 0.614. The number of aromatic nitrogens is 2. The smallest absolute Gasteiger partial charge is 0.316 e. The van der Waals surface area contributed by atoms with Gasteiger partial charge in [-0.3, -0.25) is 9.78 Å². The van der Waals surface area contributed by atoms with E-state index in [0.29, 0.717) is 12.0 Å². The van der Waals surface area contributed by atoms with Gasteiger partial charge >= 0.3 is 5.97 Å². The van der Waals surface area contributed by atoms with Crippen LogP contribution in [0.1, 0.15) is 39.0 Å². The first-order valence-corrected chi connectivity index (χ1v) is 9.05. The molecule has 1 aliphatic heterocycles. The maximum absolute atomic E-state index is 11.4. The number of ether oxygens (including phenoxy) is 1. The molecule has 6 heteroatoms. The summed E-state index contributed by atoms with van der Waals surface area (Å²) < 4.78 is 4.94. The van der Waals surface area contributed by atoms with Gasteiger partial charge in [-0.15, -0.1) is 0 Å². The fraction of sp³-hybridized carbons (Fsp3) is 0.688. The van der Waals surface area contributed by atoms with E-state index < -0.39 is 0 Å². The molecule has 1 aliphatic carbocycles. The lowest BCUT2D eigenvalue weighted by atomic mass is 9.86. The molecule has 3 rings (SSSR count). The maximum atomic E-state index is 11.4. The van der Waals surface area contributed by atoms with Crippen molar-refractivity contribution in [3.05, 3.63) is 12.4 Å². The third-order valence-corrected chi connectivity index (χ3v) is 5.54. The van der Waals surface area contributed by atoms with Crippen molar-refractivity contribution in [2.24, 2.45) is 5.41 Å². The zero-order chi connectivity index (χ0) is 15.4. The predicted octanol–water partition coefficient (Wildman–Crippen LogP) is 2.90. The number of esters is 1. The molecule has 0 N–H and O–H groups in total. The molecule has 1 saturated heterocycles. The molecule has 1 aromatic rings. The fourth-order valence-electron chi connectivity index (χ4n) is 3.56. The summed E-state index contributed by atoms with van der Waals surface area (Å²) in [7, 11) is 0. The van der Waals surface area contributed by atoms with E-state index in [2.05, 4.69) is 14.9 Å². The molecule has 1 aromatic heterocycles. The molecule has 1 spiro atoms. The van der Waals surface area contributed by atoms with E-state index in [1.807, 2.05) is 13.1 Å². The molecule has 2 fully saturated rings. The van der Waals surface area contributed by atoms with E-state index in [1.54, 1.807) is 6.20 Å². The number of thioether (sulfide) groups is 1. The second-order valence-electron chi connectivity index (χ2n) is 6.19. The second kappa shape index (κ2) is 6.86. The second-order valence-corrected chi connectivity index (χ2v) is 7.18. The molecular formula is C16H23N3O2S. The van der Waals surface area contributed by atoms with Crippen molar-refractivity contribution >= 4 is 23.5 Å². The predicted molar refractivity (Wildman–Crippen MR) is 87.1 cm³/mol. The number of carbonyl (C=O) groups is 1. The van der Waals surface area contributed by atoms with Crippen LogP contribution in [0.3, 0.4) is 0 Å². The summed E-state index contributed by atoms with van der Waals surface area (Å²) in [4.78, 5) is 22.7. The Labute approximate surface area is 135 Å². The van der Waals surface area contributed by atoms with Crippen LogP contribution in [0.15, 0.2) is 17.4 Å². The number of hydrogen-bond donors (Lipinski definition) is 0. The van der Waals surface area contributed by atoms with Gasteiger partial charge in [-0.25, -0.2) is 4.98 Å². The molecule has 5 nitrogen and oxygen atoms in total. The van der Waals surface area contributed by atoms with Gasteiger partial charge in [0.05, 0.1) is 24.8 Å². The summed E-state index contributed by atoms with van der Waals surface area (Å²) in [5, 5.41) is 0.790. The molecule has 120 valence electrons. The Kier molecular flexibility index (Phi) is 4.86. The number of hydrogen-bond acceptors (Lipinski definition) is 6. The van der Waals surface area contributed by atoms with Gasteiger partial charge < -0.3 is 9.64 Å². The van der Waals surface area contributed by atoms with Crippen LogP contribution >= 0.6 is 11.8 Å². The Morgan fingerprint density at radius 3 is 2.95 bits per heavy atom. The molecule has 0 amide bonds. The van der Waals surface area contributed by atoms with Crippen LogP contribution in [0.5, 0.6) is 0 Å². The van der Waals surface area contributed by atoms with Gasteiger partial charge in [0.1, 0.15) is 10.8 Å². The van der Waals surface area contributed by atoms with E-state index in [-0.39, 0.29) is 11.7 Å². The van der Waals surface area contributed by atoms with Gasteiger partial charge in [-0.2, -0.15) is 0 Å². The van der Waals surface area contributed by atoms with Crippen molar-refractivity contribution in [2.75, 3.05) is 30.3 Å². The van der Waals surface area contributed by atoms with Crippen LogP contribution in [0.4, 0.5) is 5.82 Å². The van der Waals surface area contributed by atoms with E-state index in [4.69, 9.17) is 4.74 Å². The highest BCUT2D eigenvalue weighted by molar-refractivity contribution is 7.99. The van der Waals surface area contributed by atoms with Gasteiger partial charge in [0, 0.05) is 13.1 Å². The summed E-state index contributed by atoms with van der Waals surface area (Å²) in [6.07, 6.45) is 10.3. The summed E-state index contributed by atoms with van der Waals surface area (Å²) in [5.41, 5.74) is 0.524. The highest BCUT2D eigenvalue weighted by Gasteiger charge is 2.40. The first kappa shape index (κ1) is 15.6. The lowest BCUT2D eigenvalue weighted by molar-refractivity contribution is -0.139. The SMILES string of the molecule is CCOC(=O)CSc1cncc(N2CCC3(CCCC3)C2)n1. The van der Waals surface area contributed by atoms with E-state index in [1.165, 1.54) is 43.9 Å². The minimum absolute atomic E-state index is 0.203. The minimum Gasteiger partial charge on any atom is -0.465 e. The van der Waals surface area contributed by atoms with Crippen LogP contribution < -0.4 is 4.90 Å². The molecule has 22 heavy (non-hydrogen) atoms. The standard InChI is InChI=1S/C16H23N3O2S/c1-2-21-15(20)11-22-14-10-17-9-13(18-14)19-8-7-16(12-19)5-3-4-6-16/h9-10H,2-8,11-12H2,1H3. The number of carbonyl (C=O) groups excluding carboxylic acids is 1. The Balaban J connectivity index is 1.60. The lowest BCUT2D eigenvalue weighted by Gasteiger charge is -2.23. The number of nitrogens with zero attached hydrogens (tertiary/aromatic N) is 3. The average Bonchev–Trinajstić information content (AvgIpc) is 3.17. The monoisotopic (exact) mass is 321 g/mol. The highest BCUT2D eigenvalue weighted by Crippen LogP contribution is 2.46. The molecular weight excluding hydrogens is 298 g/mol. The topological polar surface area (TPSA) is 55.3 Å². The first-order valence-electron chi connectivity index (χ1n) is 8.06. The molecule has 1 saturated carbocycles. The van der Waals surface area contributed by atoms with Crippen molar-refractivity contribution in [3.8, 4) is 0 Å². The molecule has 0 unspecified atom stereocenters. The largest absolute Gasteiger partial charge is 0.465 e. The van der Waals surface area contributed by atoms with Crippen LogP contribution in [-0.2, 0) is 9.53 Å². The van der Waals surface area contributed by atoms with Gasteiger partial charge in [0.15, 0.2) is 0 Å². The highest BCUT2D eigenvalue weighted by atomic mass is 32.2. The Morgan fingerprint density at radius 1 is 1.36 bits per heavy atom. The first-order chi connectivity index (χ1) is 10.7. The molecule has 2 aliphatic rings. The van der Waals surface area contributed by atoms with E-state index >= 15 is 0 Å². The fourth-order valence-corrected chi connectivity index (χ4v) is 4.20. The summed E-state index contributed by atoms with van der Waals surface area (Å²) in [6.45, 7) is 4.41. The van der Waals surface area contributed by atoms with Crippen molar-refractivity contribution in [3.63, 3.8) is 0 Å². The third-order valence-electron chi connectivity index (χ3n) is 4.67. The maximum Gasteiger partial charge on any atom is 0.316 e. The molecule has 0 aromatic carbocycles. The van der Waals surface area contributed by atoms with Crippen LogP contribution in [0.25, 0.3) is 0 Å². The van der Waals surface area contributed by atoms with Gasteiger partial charge in [-0.1, -0.05) is 24.6 Å². The van der Waals surface area contributed by atoms with Crippen molar-refractivity contribution in [1.29, 1.82) is 0 Å². The summed E-state index contributed by atoms with van der Waals surface area (Å²) in [6, 6.07) is 0. The minimum atomic E-state index is -0.203. The average molecular weight is 321 g/mol. The Hall–Kier alpha value is -1.30. The van der Waals surface area contributed by atoms with Gasteiger partial charge in [0.25, 0.3) is 0 Å². The van der Waals surface area contributed by atoms with Crippen LogP contribution in [0.2, 0.25) is 0 Å². The molecule has 0 radical (unpaired) electrons. The van der Waals surface area contributed by atoms with Crippen molar-refractivity contribution in [2.45, 2.75) is 44.1 Å². The van der Waals surface area contributed by atoms with E-state index in [9.17, 15) is 4.79 Å². The Bertz CT molecular complexity index is 532. The zero-order valence-electron chi connectivity index (χ0n) is 13.1. The molecule has 0 atom stereocenters. The summed E-state index contributed by atoms with van der Waals surface area (Å²) >= 11 is 1.39. The molecule has 0 bridgehead atoms. The van der Waals surface area contributed by atoms with Gasteiger partial charge in [-0.05, 0) is 31.6 Å². The van der Waals surface area contributed by atoms with E-state index in [0.717, 1.165) is 23.9 Å². The molecule has 2 heterocycles. The zero-order valence-corrected chi connectivity index (χ0v) is 13.9. The third kappa shape index (κ3) is 3.54. The van der Waals surface area contributed by atoms with Crippen LogP contribution in [-0.4, -0.2) is 41.4 Å². The number of anilines is 1. The summed E-state index contributed by atoms with van der Waals surface area (Å²) in [5.74, 6) is 1.03. The van der Waals surface area contributed by atoms with Crippen molar-refractivity contribution in [1.82, 2.24) is 9.97 Å². The van der Waals surface area contributed by atoms with Crippen molar-refractivity contribution < 1.29 is 9.53 Å². The number of rotatable bonds is 5. The lowest BCUT2D eigenvalue weighted by Crippen LogP contribution is -2.25. The normalized spacial score (nSPS) is 19.8. The van der Waals surface area contributed by atoms with Gasteiger partial charge in [0.2, 0.25) is 0 Å².